The van der Waals surface area contributed by atoms with Crippen molar-refractivity contribution in [2.75, 3.05) is 5.75 Å². The summed E-state index contributed by atoms with van der Waals surface area (Å²) < 4.78 is 0. The van der Waals surface area contributed by atoms with E-state index in [0.717, 1.165) is 10.8 Å². The molecular formula is C5H4N2S2. The summed E-state index contributed by atoms with van der Waals surface area (Å²) in [6, 6.07) is 2.02. The van der Waals surface area contributed by atoms with E-state index >= 15 is 0 Å². The van der Waals surface area contributed by atoms with Crippen LogP contribution in [0.5, 0.6) is 0 Å². The van der Waals surface area contributed by atoms with E-state index in [1.54, 1.807) is 11.8 Å². The van der Waals surface area contributed by atoms with Crippen molar-refractivity contribution in [2.45, 2.75) is 6.42 Å². The van der Waals surface area contributed by atoms with Crippen LogP contribution in [0.15, 0.2) is 4.99 Å². The lowest BCUT2D eigenvalue weighted by Crippen LogP contribution is -1.82. The maximum absolute atomic E-state index is 8.23. The highest BCUT2D eigenvalue weighted by Crippen LogP contribution is 2.15. The average molecular weight is 156 g/mol. The first-order valence-electron chi connectivity index (χ1n) is 2.43. The van der Waals surface area contributed by atoms with Crippen LogP contribution in [0.3, 0.4) is 0 Å². The van der Waals surface area contributed by atoms with Gasteiger partial charge in [-0.3, -0.25) is 0 Å². The molecule has 0 saturated heterocycles. The van der Waals surface area contributed by atoms with Crippen LogP contribution in [0.4, 0.5) is 0 Å². The molecule has 1 rings (SSSR count). The summed E-state index contributed by atoms with van der Waals surface area (Å²) in [5, 5.41) is 9.09. The summed E-state index contributed by atoms with van der Waals surface area (Å²) in [5.41, 5.74) is 0. The van der Waals surface area contributed by atoms with Gasteiger partial charge >= 0.3 is 0 Å². The first kappa shape index (κ1) is 6.72. The van der Waals surface area contributed by atoms with Crippen molar-refractivity contribution in [1.82, 2.24) is 0 Å². The molecule has 0 amide bonds. The van der Waals surface area contributed by atoms with Gasteiger partial charge in [0, 0.05) is 0 Å². The summed E-state index contributed by atoms with van der Waals surface area (Å²) >= 11 is 6.35. The van der Waals surface area contributed by atoms with Crippen LogP contribution in [-0.4, -0.2) is 15.8 Å². The molecule has 0 N–H and O–H groups in total. The number of hydrogen-bond donors (Lipinski definition) is 0. The van der Waals surface area contributed by atoms with Crippen molar-refractivity contribution in [2.24, 2.45) is 4.99 Å². The summed E-state index contributed by atoms with van der Waals surface area (Å²) in [7, 11) is 0. The van der Waals surface area contributed by atoms with E-state index in [9.17, 15) is 0 Å². The lowest BCUT2D eigenvalue weighted by atomic mass is 10.5. The van der Waals surface area contributed by atoms with Crippen molar-refractivity contribution < 1.29 is 0 Å². The number of nitrogens with zero attached hydrogens (tertiary/aromatic N) is 2. The SMILES string of the molecule is N#CCC1=NC(=S)CS1. The van der Waals surface area contributed by atoms with Crippen molar-refractivity contribution in [3.63, 3.8) is 0 Å². The fraction of sp³-hybridized carbons (Fsp3) is 0.400. The maximum atomic E-state index is 8.23. The van der Waals surface area contributed by atoms with Crippen LogP contribution in [0.1, 0.15) is 6.42 Å². The molecule has 0 spiro atoms. The minimum absolute atomic E-state index is 0.408. The smallest absolute Gasteiger partial charge is 0.114 e. The van der Waals surface area contributed by atoms with E-state index in [-0.39, 0.29) is 0 Å². The third-order valence-corrected chi connectivity index (χ3v) is 2.25. The summed E-state index contributed by atoms with van der Waals surface area (Å²) in [6.07, 6.45) is 0.408. The molecule has 0 unspecified atom stereocenters. The molecule has 46 valence electrons. The number of thiocarbonyl (C=S) groups is 1. The minimum Gasteiger partial charge on any atom is -0.237 e. The molecule has 1 heterocycles. The number of hydrogen-bond acceptors (Lipinski definition) is 3. The van der Waals surface area contributed by atoms with E-state index in [1.165, 1.54) is 0 Å². The monoisotopic (exact) mass is 156 g/mol. The predicted molar refractivity (Wildman–Crippen MR) is 42.7 cm³/mol. The van der Waals surface area contributed by atoms with Gasteiger partial charge in [-0.05, 0) is 0 Å². The number of nitriles is 1. The molecule has 0 aromatic rings. The topological polar surface area (TPSA) is 36.1 Å². The molecule has 0 atom stereocenters. The molecule has 1 aliphatic rings. The Morgan fingerprint density at radius 2 is 2.67 bits per heavy atom. The van der Waals surface area contributed by atoms with Gasteiger partial charge in [0.2, 0.25) is 0 Å². The summed E-state index contributed by atoms with van der Waals surface area (Å²) in [5.74, 6) is 0.784. The largest absolute Gasteiger partial charge is 0.237 e. The van der Waals surface area contributed by atoms with Gasteiger partial charge in [-0.25, -0.2) is 4.99 Å². The van der Waals surface area contributed by atoms with Gasteiger partial charge in [-0.2, -0.15) is 5.26 Å². The maximum Gasteiger partial charge on any atom is 0.114 e. The minimum atomic E-state index is 0.408. The Balaban J connectivity index is 2.54. The Bertz CT molecular complexity index is 201. The first-order valence-corrected chi connectivity index (χ1v) is 3.82. The molecule has 0 aromatic heterocycles. The highest BCUT2D eigenvalue weighted by atomic mass is 32.2. The lowest BCUT2D eigenvalue weighted by Gasteiger charge is -1.82. The Labute approximate surface area is 63.0 Å². The zero-order valence-electron chi connectivity index (χ0n) is 4.63. The molecule has 0 bridgehead atoms. The van der Waals surface area contributed by atoms with Gasteiger partial charge < -0.3 is 0 Å². The van der Waals surface area contributed by atoms with Crippen LogP contribution < -0.4 is 0 Å². The predicted octanol–water partition coefficient (Wildman–Crippen LogP) is 1.37. The molecular weight excluding hydrogens is 152 g/mol. The standard InChI is InChI=1S/C5H4N2S2/c6-2-1-5-7-4(8)3-9-5/h1,3H2. The average Bonchev–Trinajstić information content (AvgIpc) is 2.17. The first-order chi connectivity index (χ1) is 4.33. The van der Waals surface area contributed by atoms with Crippen molar-refractivity contribution in [3.8, 4) is 6.07 Å². The zero-order valence-corrected chi connectivity index (χ0v) is 6.26. The van der Waals surface area contributed by atoms with Crippen molar-refractivity contribution >= 4 is 34.0 Å². The van der Waals surface area contributed by atoms with Gasteiger partial charge in [-0.15, -0.1) is 11.8 Å². The fourth-order valence-corrected chi connectivity index (χ4v) is 1.55. The highest BCUT2D eigenvalue weighted by molar-refractivity contribution is 8.15. The van der Waals surface area contributed by atoms with E-state index in [4.69, 9.17) is 17.5 Å². The molecule has 0 aliphatic carbocycles. The van der Waals surface area contributed by atoms with Gasteiger partial charge in [0.15, 0.2) is 0 Å². The second kappa shape index (κ2) is 2.95. The molecule has 1 aliphatic heterocycles. The quantitative estimate of drug-likeness (QED) is 0.538. The van der Waals surface area contributed by atoms with E-state index < -0.39 is 0 Å². The Kier molecular flexibility index (Phi) is 2.20. The van der Waals surface area contributed by atoms with Crippen LogP contribution in [-0.2, 0) is 0 Å². The van der Waals surface area contributed by atoms with Gasteiger partial charge in [0.05, 0.1) is 23.3 Å². The third kappa shape index (κ3) is 1.77. The second-order valence-electron chi connectivity index (χ2n) is 1.52. The van der Waals surface area contributed by atoms with Crippen molar-refractivity contribution in [1.29, 1.82) is 5.26 Å². The molecule has 0 fully saturated rings. The second-order valence-corrected chi connectivity index (χ2v) is 3.04. The normalized spacial score (nSPS) is 17.2. The molecule has 2 nitrogen and oxygen atoms in total. The molecule has 9 heavy (non-hydrogen) atoms. The van der Waals surface area contributed by atoms with Gasteiger partial charge in [0.25, 0.3) is 0 Å². The molecule has 0 saturated carbocycles. The Morgan fingerprint density at radius 3 is 3.11 bits per heavy atom. The Morgan fingerprint density at radius 1 is 1.89 bits per heavy atom. The number of aliphatic imine (C=N–C) groups is 1. The van der Waals surface area contributed by atoms with Gasteiger partial charge in [-0.1, -0.05) is 12.2 Å². The summed E-state index contributed by atoms with van der Waals surface area (Å²) in [4.78, 5) is 4.68. The lowest BCUT2D eigenvalue weighted by molar-refractivity contribution is 1.42. The molecule has 4 heteroatoms. The fourth-order valence-electron chi connectivity index (χ4n) is 0.507. The van der Waals surface area contributed by atoms with Crippen LogP contribution in [0.2, 0.25) is 0 Å². The third-order valence-electron chi connectivity index (χ3n) is 0.842. The molecule has 0 aromatic carbocycles. The number of thioether (sulfide) groups is 1. The van der Waals surface area contributed by atoms with Crippen LogP contribution >= 0.6 is 24.0 Å². The highest BCUT2D eigenvalue weighted by Gasteiger charge is 2.09. The van der Waals surface area contributed by atoms with E-state index in [1.807, 2.05) is 6.07 Å². The Hall–Kier alpha value is -0.400. The zero-order chi connectivity index (χ0) is 6.69. The summed E-state index contributed by atoms with van der Waals surface area (Å²) in [6.45, 7) is 0. The van der Waals surface area contributed by atoms with Crippen molar-refractivity contribution in [3.05, 3.63) is 0 Å². The molecule has 0 radical (unpaired) electrons. The van der Waals surface area contributed by atoms with E-state index in [0.29, 0.717) is 11.4 Å². The van der Waals surface area contributed by atoms with Crippen LogP contribution in [0, 0.1) is 11.3 Å². The van der Waals surface area contributed by atoms with Crippen LogP contribution in [0.25, 0.3) is 0 Å². The van der Waals surface area contributed by atoms with Gasteiger partial charge in [0.1, 0.15) is 4.99 Å². The van der Waals surface area contributed by atoms with E-state index in [2.05, 4.69) is 4.99 Å². The number of rotatable bonds is 1.